The summed E-state index contributed by atoms with van der Waals surface area (Å²) in [4.78, 5) is 36.6. The third-order valence-electron chi connectivity index (χ3n) is 5.76. The van der Waals surface area contributed by atoms with Crippen molar-refractivity contribution in [1.29, 1.82) is 0 Å². The van der Waals surface area contributed by atoms with Crippen molar-refractivity contribution in [3.63, 3.8) is 0 Å². The highest BCUT2D eigenvalue weighted by atomic mass is 32.2. The summed E-state index contributed by atoms with van der Waals surface area (Å²) in [6, 6.07) is 5.52. The molecule has 0 unspecified atom stereocenters. The molecule has 2 N–H and O–H groups in total. The van der Waals surface area contributed by atoms with Gasteiger partial charge in [0.15, 0.2) is 0 Å². The van der Waals surface area contributed by atoms with Gasteiger partial charge in [0.2, 0.25) is 11.8 Å². The van der Waals surface area contributed by atoms with Gasteiger partial charge >= 0.3 is 0 Å². The topological polar surface area (TPSA) is 84.0 Å². The number of carbonyl (C=O) groups is 2. The van der Waals surface area contributed by atoms with E-state index in [0.717, 1.165) is 50.8 Å². The van der Waals surface area contributed by atoms with Crippen LogP contribution < -0.4 is 10.6 Å². The number of aryl methyl sites for hydroxylation is 3. The number of anilines is 2. The second-order valence-corrected chi connectivity index (χ2v) is 10.7. The summed E-state index contributed by atoms with van der Waals surface area (Å²) in [7, 11) is 0. The number of thiophene rings is 1. The Labute approximate surface area is 203 Å². The van der Waals surface area contributed by atoms with E-state index in [0.29, 0.717) is 6.42 Å². The first kappa shape index (κ1) is 23.7. The monoisotopic (exact) mass is 482 g/mol. The maximum atomic E-state index is 12.7. The van der Waals surface area contributed by atoms with E-state index in [-0.39, 0.29) is 23.5 Å². The van der Waals surface area contributed by atoms with Crippen LogP contribution in [0.1, 0.15) is 67.8 Å². The largest absolute Gasteiger partial charge is 0.326 e. The van der Waals surface area contributed by atoms with Crippen LogP contribution in [-0.4, -0.2) is 27.5 Å². The van der Waals surface area contributed by atoms with Crippen LogP contribution in [0.2, 0.25) is 0 Å². The van der Waals surface area contributed by atoms with Crippen molar-refractivity contribution in [3.05, 3.63) is 40.0 Å². The summed E-state index contributed by atoms with van der Waals surface area (Å²) in [5.41, 5.74) is 3.78. The molecule has 2 aromatic heterocycles. The van der Waals surface area contributed by atoms with E-state index in [1.54, 1.807) is 11.3 Å². The maximum absolute atomic E-state index is 12.7. The Morgan fingerprint density at radius 2 is 1.91 bits per heavy atom. The number of hydrogen-bond acceptors (Lipinski definition) is 6. The van der Waals surface area contributed by atoms with Crippen LogP contribution >= 0.6 is 23.1 Å². The highest BCUT2D eigenvalue weighted by molar-refractivity contribution is 8.00. The standard InChI is InChI=1S/C25H30N4O2S2/c1-5-20(30)27-18-11-10-16(12-15(18)4)26-21(31)13-32-24-22-17-8-6-7-9-19(17)33-25(22)29-23(28-24)14(2)3/h10-12,14H,5-9,13H2,1-4H3,(H,26,31)(H,27,30). The fourth-order valence-corrected chi connectivity index (χ4v) is 6.15. The fraction of sp³-hybridized carbons (Fsp3) is 0.440. The van der Waals surface area contributed by atoms with Gasteiger partial charge in [-0.25, -0.2) is 9.97 Å². The number of carbonyl (C=O) groups excluding carboxylic acids is 2. The summed E-state index contributed by atoms with van der Waals surface area (Å²) in [5.74, 6) is 1.24. The number of hydrogen-bond donors (Lipinski definition) is 2. The quantitative estimate of drug-likeness (QED) is 0.315. The molecule has 174 valence electrons. The van der Waals surface area contributed by atoms with Gasteiger partial charge in [-0.15, -0.1) is 11.3 Å². The average molecular weight is 483 g/mol. The van der Waals surface area contributed by atoms with Crippen LogP contribution in [0.3, 0.4) is 0 Å². The van der Waals surface area contributed by atoms with Crippen LogP contribution in [0.5, 0.6) is 0 Å². The Bertz CT molecular complexity index is 1200. The summed E-state index contributed by atoms with van der Waals surface area (Å²) in [6.45, 7) is 7.94. The SMILES string of the molecule is CCC(=O)Nc1ccc(NC(=O)CSc2nc(C(C)C)nc3sc4c(c23)CCCC4)cc1C. The molecule has 1 aromatic carbocycles. The number of benzene rings is 1. The van der Waals surface area contributed by atoms with E-state index < -0.39 is 0 Å². The minimum absolute atomic E-state index is 0.0289. The van der Waals surface area contributed by atoms with Crippen LogP contribution in [0, 0.1) is 6.92 Å². The zero-order valence-corrected chi connectivity index (χ0v) is 21.2. The van der Waals surface area contributed by atoms with E-state index >= 15 is 0 Å². The van der Waals surface area contributed by atoms with Gasteiger partial charge in [0.1, 0.15) is 15.7 Å². The third kappa shape index (κ3) is 5.38. The van der Waals surface area contributed by atoms with Crippen molar-refractivity contribution >= 4 is 56.5 Å². The summed E-state index contributed by atoms with van der Waals surface area (Å²) >= 11 is 3.29. The molecule has 3 aromatic rings. The molecule has 0 atom stereocenters. The van der Waals surface area contributed by atoms with Gasteiger partial charge in [0.05, 0.1) is 5.75 Å². The van der Waals surface area contributed by atoms with Crippen molar-refractivity contribution in [2.24, 2.45) is 0 Å². The first-order chi connectivity index (χ1) is 15.9. The van der Waals surface area contributed by atoms with Crippen LogP contribution in [-0.2, 0) is 22.4 Å². The lowest BCUT2D eigenvalue weighted by Crippen LogP contribution is -2.15. The number of nitrogens with zero attached hydrogens (tertiary/aromatic N) is 2. The third-order valence-corrected chi connectivity index (χ3v) is 7.92. The Morgan fingerprint density at radius 3 is 2.64 bits per heavy atom. The summed E-state index contributed by atoms with van der Waals surface area (Å²) in [6.07, 6.45) is 5.04. The first-order valence-electron chi connectivity index (χ1n) is 11.5. The van der Waals surface area contributed by atoms with E-state index in [1.807, 2.05) is 32.0 Å². The zero-order valence-electron chi connectivity index (χ0n) is 19.6. The number of aromatic nitrogens is 2. The summed E-state index contributed by atoms with van der Waals surface area (Å²) < 4.78 is 0. The minimum Gasteiger partial charge on any atom is -0.326 e. The smallest absolute Gasteiger partial charge is 0.234 e. The van der Waals surface area contributed by atoms with Gasteiger partial charge < -0.3 is 10.6 Å². The Balaban J connectivity index is 1.50. The van der Waals surface area contributed by atoms with E-state index in [2.05, 4.69) is 24.5 Å². The minimum atomic E-state index is -0.0771. The molecule has 1 aliphatic carbocycles. The fourth-order valence-electron chi connectivity index (χ4n) is 3.95. The van der Waals surface area contributed by atoms with Gasteiger partial charge in [0, 0.05) is 34.0 Å². The van der Waals surface area contributed by atoms with Gasteiger partial charge in [0.25, 0.3) is 0 Å². The Morgan fingerprint density at radius 1 is 1.12 bits per heavy atom. The predicted molar refractivity (Wildman–Crippen MR) is 138 cm³/mol. The maximum Gasteiger partial charge on any atom is 0.234 e. The van der Waals surface area contributed by atoms with E-state index in [9.17, 15) is 9.59 Å². The highest BCUT2D eigenvalue weighted by Gasteiger charge is 2.22. The van der Waals surface area contributed by atoms with Crippen LogP contribution in [0.25, 0.3) is 10.2 Å². The second-order valence-electron chi connectivity index (χ2n) is 8.70. The molecule has 8 heteroatoms. The van der Waals surface area contributed by atoms with Crippen molar-refractivity contribution in [2.45, 2.75) is 70.7 Å². The molecule has 2 heterocycles. The van der Waals surface area contributed by atoms with Crippen molar-refractivity contribution in [1.82, 2.24) is 9.97 Å². The number of rotatable bonds is 7. The molecule has 2 amide bonds. The molecular formula is C25H30N4O2S2. The second kappa shape index (κ2) is 10.2. The summed E-state index contributed by atoms with van der Waals surface area (Å²) in [5, 5.41) is 7.93. The Hall–Kier alpha value is -2.45. The van der Waals surface area contributed by atoms with E-state index in [1.165, 1.54) is 35.0 Å². The molecule has 0 bridgehead atoms. The lowest BCUT2D eigenvalue weighted by molar-refractivity contribution is -0.116. The molecule has 1 aliphatic rings. The highest BCUT2D eigenvalue weighted by Crippen LogP contribution is 2.40. The zero-order chi connectivity index (χ0) is 23.5. The van der Waals surface area contributed by atoms with Crippen molar-refractivity contribution in [3.8, 4) is 0 Å². The Kier molecular flexibility index (Phi) is 7.34. The van der Waals surface area contributed by atoms with E-state index in [4.69, 9.17) is 9.97 Å². The molecule has 0 spiro atoms. The molecule has 0 radical (unpaired) electrons. The molecule has 0 fully saturated rings. The molecule has 0 saturated heterocycles. The number of fused-ring (bicyclic) bond motifs is 3. The van der Waals surface area contributed by atoms with Crippen molar-refractivity contribution < 1.29 is 9.59 Å². The predicted octanol–water partition coefficient (Wildman–Crippen LogP) is 6.08. The molecule has 6 nitrogen and oxygen atoms in total. The normalized spacial score (nSPS) is 13.2. The number of amides is 2. The van der Waals surface area contributed by atoms with Crippen LogP contribution in [0.15, 0.2) is 23.2 Å². The molecule has 33 heavy (non-hydrogen) atoms. The number of thioether (sulfide) groups is 1. The van der Waals surface area contributed by atoms with Gasteiger partial charge in [-0.2, -0.15) is 0 Å². The molecule has 0 aliphatic heterocycles. The van der Waals surface area contributed by atoms with Crippen LogP contribution in [0.4, 0.5) is 11.4 Å². The van der Waals surface area contributed by atoms with Gasteiger partial charge in [-0.1, -0.05) is 32.5 Å². The molecular weight excluding hydrogens is 452 g/mol. The molecule has 0 saturated carbocycles. The number of nitrogens with one attached hydrogen (secondary N) is 2. The molecule has 4 rings (SSSR count). The average Bonchev–Trinajstić information content (AvgIpc) is 3.17. The lowest BCUT2D eigenvalue weighted by atomic mass is 9.97. The van der Waals surface area contributed by atoms with Crippen molar-refractivity contribution in [2.75, 3.05) is 16.4 Å². The lowest BCUT2D eigenvalue weighted by Gasteiger charge is -2.13. The van der Waals surface area contributed by atoms with Gasteiger partial charge in [-0.05, 0) is 61.9 Å². The van der Waals surface area contributed by atoms with Gasteiger partial charge in [-0.3, -0.25) is 9.59 Å². The first-order valence-corrected chi connectivity index (χ1v) is 13.3.